The number of rotatable bonds is 6. The van der Waals surface area contributed by atoms with Gasteiger partial charge in [0, 0.05) is 16.6 Å². The number of nitrogens with one attached hydrogen (secondary N) is 1. The lowest BCUT2D eigenvalue weighted by Crippen LogP contribution is -2.32. The molecule has 4 aromatic carbocycles. The lowest BCUT2D eigenvalue weighted by molar-refractivity contribution is -0.124. The third kappa shape index (κ3) is 4.48. The van der Waals surface area contributed by atoms with Crippen molar-refractivity contribution in [2.45, 2.75) is 19.4 Å². The molecule has 5 rings (SSSR count). The second kappa shape index (κ2) is 9.38. The largest absolute Gasteiger partial charge is 0.449 e. The molecule has 1 atom stereocenters. The molecule has 1 heterocycles. The number of anilines is 1. The Bertz CT molecular complexity index is 1500. The predicted molar refractivity (Wildman–Crippen MR) is 131 cm³/mol. The van der Waals surface area contributed by atoms with Crippen LogP contribution in [-0.2, 0) is 9.53 Å². The van der Waals surface area contributed by atoms with Gasteiger partial charge >= 0.3 is 5.97 Å². The third-order valence-electron chi connectivity index (χ3n) is 5.67. The fraction of sp³-hybridized carbons (Fsp3) is 0.107. The number of benzene rings is 4. The number of amides is 1. The number of esters is 1. The summed E-state index contributed by atoms with van der Waals surface area (Å²) in [4.78, 5) is 30.6. The highest BCUT2D eigenvalue weighted by atomic mass is 19.1. The first-order valence-corrected chi connectivity index (χ1v) is 11.2. The number of fused-ring (bicyclic) bond motifs is 2. The first kappa shape index (κ1) is 22.3. The van der Waals surface area contributed by atoms with Gasteiger partial charge in [-0.05, 0) is 60.3 Å². The van der Waals surface area contributed by atoms with E-state index in [0.29, 0.717) is 39.2 Å². The molecule has 174 valence electrons. The average molecular weight is 468 g/mol. The standard InChI is InChI=1S/C28H21FN2O4/c1-2-23(26(32)30-19-15-13-18(29)14-16-19)35-28(33)21-10-6-8-17-7-5-9-20(25(17)21)27-31-22-11-3-4-12-24(22)34-27/h3-16,23H,2H2,1H3,(H,30,32). The van der Waals surface area contributed by atoms with E-state index >= 15 is 0 Å². The summed E-state index contributed by atoms with van der Waals surface area (Å²) in [7, 11) is 0. The van der Waals surface area contributed by atoms with Gasteiger partial charge in [-0.3, -0.25) is 4.79 Å². The lowest BCUT2D eigenvalue weighted by Gasteiger charge is -2.17. The summed E-state index contributed by atoms with van der Waals surface area (Å²) in [6.07, 6.45) is -0.763. The fourth-order valence-corrected chi connectivity index (χ4v) is 3.95. The molecule has 0 spiro atoms. The normalized spacial score (nSPS) is 11.9. The maximum atomic E-state index is 13.3. The summed E-state index contributed by atoms with van der Waals surface area (Å²) in [6, 6.07) is 23.7. The number of hydrogen-bond acceptors (Lipinski definition) is 5. The molecular weight excluding hydrogens is 447 g/mol. The molecule has 0 aliphatic heterocycles. The van der Waals surface area contributed by atoms with Crippen molar-refractivity contribution in [1.82, 2.24) is 4.98 Å². The molecule has 0 aliphatic carbocycles. The highest BCUT2D eigenvalue weighted by Gasteiger charge is 2.25. The Labute approximate surface area is 200 Å². The molecule has 5 aromatic rings. The summed E-state index contributed by atoms with van der Waals surface area (Å²) >= 11 is 0. The van der Waals surface area contributed by atoms with Crippen molar-refractivity contribution >= 4 is 39.4 Å². The SMILES string of the molecule is CCC(OC(=O)c1cccc2cccc(-c3nc4ccccc4o3)c12)C(=O)Nc1ccc(F)cc1. The van der Waals surface area contributed by atoms with Crippen molar-refractivity contribution in [1.29, 1.82) is 0 Å². The van der Waals surface area contributed by atoms with E-state index in [4.69, 9.17) is 9.15 Å². The maximum absolute atomic E-state index is 13.3. The topological polar surface area (TPSA) is 81.4 Å². The van der Waals surface area contributed by atoms with Crippen molar-refractivity contribution in [3.05, 3.63) is 96.3 Å². The zero-order valence-corrected chi connectivity index (χ0v) is 18.8. The van der Waals surface area contributed by atoms with Crippen LogP contribution in [0.4, 0.5) is 10.1 Å². The van der Waals surface area contributed by atoms with Gasteiger partial charge in [0.05, 0.1) is 5.56 Å². The highest BCUT2D eigenvalue weighted by Crippen LogP contribution is 2.33. The Balaban J connectivity index is 1.47. The minimum atomic E-state index is -1.03. The van der Waals surface area contributed by atoms with Gasteiger partial charge in [0.25, 0.3) is 5.91 Å². The van der Waals surface area contributed by atoms with Crippen LogP contribution in [-0.4, -0.2) is 23.0 Å². The minimum Gasteiger partial charge on any atom is -0.449 e. The molecule has 1 N–H and O–H groups in total. The zero-order valence-electron chi connectivity index (χ0n) is 18.8. The molecule has 6 nitrogen and oxygen atoms in total. The molecule has 0 aliphatic rings. The summed E-state index contributed by atoms with van der Waals surface area (Å²) in [5.74, 6) is -1.16. The van der Waals surface area contributed by atoms with Crippen molar-refractivity contribution in [3.8, 4) is 11.5 Å². The Morgan fingerprint density at radius 1 is 0.971 bits per heavy atom. The van der Waals surface area contributed by atoms with Crippen molar-refractivity contribution in [2.24, 2.45) is 0 Å². The van der Waals surface area contributed by atoms with Gasteiger partial charge in [0.1, 0.15) is 11.3 Å². The van der Waals surface area contributed by atoms with Gasteiger partial charge < -0.3 is 14.5 Å². The quantitative estimate of drug-likeness (QED) is 0.293. The average Bonchev–Trinajstić information content (AvgIpc) is 3.32. The lowest BCUT2D eigenvalue weighted by atomic mass is 9.99. The van der Waals surface area contributed by atoms with E-state index < -0.39 is 23.8 Å². The highest BCUT2D eigenvalue weighted by molar-refractivity contribution is 6.10. The van der Waals surface area contributed by atoms with Crippen molar-refractivity contribution in [2.75, 3.05) is 5.32 Å². The van der Waals surface area contributed by atoms with Gasteiger partial charge in [-0.15, -0.1) is 0 Å². The molecular formula is C28H21FN2O4. The number of ether oxygens (including phenoxy) is 1. The Hall–Kier alpha value is -4.52. The van der Waals surface area contributed by atoms with Crippen molar-refractivity contribution < 1.29 is 23.1 Å². The third-order valence-corrected chi connectivity index (χ3v) is 5.67. The molecule has 7 heteroatoms. The second-order valence-electron chi connectivity index (χ2n) is 7.99. The molecule has 0 saturated carbocycles. The number of hydrogen-bond donors (Lipinski definition) is 1. The van der Waals surface area contributed by atoms with E-state index in [1.165, 1.54) is 24.3 Å². The second-order valence-corrected chi connectivity index (χ2v) is 7.99. The Morgan fingerprint density at radius 2 is 1.71 bits per heavy atom. The van der Waals surface area contributed by atoms with Crippen LogP contribution in [0.25, 0.3) is 33.3 Å². The molecule has 0 saturated heterocycles. The maximum Gasteiger partial charge on any atom is 0.339 e. The minimum absolute atomic E-state index is 0.265. The molecule has 0 radical (unpaired) electrons. The summed E-state index contributed by atoms with van der Waals surface area (Å²) in [6.45, 7) is 1.75. The first-order valence-electron chi connectivity index (χ1n) is 11.2. The predicted octanol–water partition coefficient (Wildman–Crippen LogP) is 6.36. The number of para-hydroxylation sites is 2. The van der Waals surface area contributed by atoms with Crippen molar-refractivity contribution in [3.63, 3.8) is 0 Å². The molecule has 1 unspecified atom stereocenters. The fourth-order valence-electron chi connectivity index (χ4n) is 3.95. The van der Waals surface area contributed by atoms with Crippen LogP contribution in [0.1, 0.15) is 23.7 Å². The van der Waals surface area contributed by atoms with E-state index in [1.54, 1.807) is 19.1 Å². The Morgan fingerprint density at radius 3 is 2.46 bits per heavy atom. The first-order chi connectivity index (χ1) is 17.0. The van der Waals surface area contributed by atoms with Gasteiger partial charge in [-0.2, -0.15) is 0 Å². The number of carbonyl (C=O) groups excluding carboxylic acids is 2. The number of nitrogens with zero attached hydrogens (tertiary/aromatic N) is 1. The number of aromatic nitrogens is 1. The van der Waals surface area contributed by atoms with Gasteiger partial charge in [-0.25, -0.2) is 14.2 Å². The van der Waals surface area contributed by atoms with Crippen LogP contribution in [0.2, 0.25) is 0 Å². The monoisotopic (exact) mass is 468 g/mol. The van der Waals surface area contributed by atoms with Crippen LogP contribution < -0.4 is 5.32 Å². The van der Waals surface area contributed by atoms with Crippen LogP contribution in [0, 0.1) is 5.82 Å². The molecule has 35 heavy (non-hydrogen) atoms. The number of carbonyl (C=O) groups is 2. The van der Waals surface area contributed by atoms with Gasteiger partial charge in [-0.1, -0.05) is 43.3 Å². The number of oxazole rings is 1. The van der Waals surface area contributed by atoms with E-state index in [1.807, 2.05) is 48.5 Å². The van der Waals surface area contributed by atoms with E-state index in [0.717, 1.165) is 5.39 Å². The van der Waals surface area contributed by atoms with E-state index in [9.17, 15) is 14.0 Å². The number of halogens is 1. The summed E-state index contributed by atoms with van der Waals surface area (Å²) in [5.41, 5.74) is 2.71. The van der Waals surface area contributed by atoms with Crippen LogP contribution in [0.3, 0.4) is 0 Å². The molecule has 1 amide bonds. The van der Waals surface area contributed by atoms with Crippen LogP contribution >= 0.6 is 0 Å². The Kier molecular flexibility index (Phi) is 5.97. The van der Waals surface area contributed by atoms with Gasteiger partial charge in [0.2, 0.25) is 5.89 Å². The smallest absolute Gasteiger partial charge is 0.339 e. The summed E-state index contributed by atoms with van der Waals surface area (Å²) in [5, 5.41) is 4.09. The van der Waals surface area contributed by atoms with Gasteiger partial charge in [0.15, 0.2) is 11.7 Å². The molecule has 0 bridgehead atoms. The van der Waals surface area contributed by atoms with Crippen LogP contribution in [0.15, 0.2) is 89.3 Å². The van der Waals surface area contributed by atoms with E-state index in [-0.39, 0.29) is 6.42 Å². The zero-order chi connectivity index (χ0) is 24.4. The molecule has 1 aromatic heterocycles. The van der Waals surface area contributed by atoms with E-state index in [2.05, 4.69) is 10.3 Å². The summed E-state index contributed by atoms with van der Waals surface area (Å²) < 4.78 is 24.7. The van der Waals surface area contributed by atoms with Crippen LogP contribution in [0.5, 0.6) is 0 Å². The molecule has 0 fully saturated rings.